The first kappa shape index (κ1) is 7.32. The van der Waals surface area contributed by atoms with Gasteiger partial charge in [0.25, 0.3) is 0 Å². The average molecular weight is 180 g/mol. The highest BCUT2D eigenvalue weighted by Crippen LogP contribution is 2.41. The predicted molar refractivity (Wildman–Crippen MR) is 46.0 cm³/mol. The quantitative estimate of drug-likeness (QED) is 0.677. The van der Waals surface area contributed by atoms with Crippen LogP contribution in [-0.4, -0.2) is 27.0 Å². The number of ether oxygens (including phenoxy) is 1. The fourth-order valence-corrected chi connectivity index (χ4v) is 2.34. The van der Waals surface area contributed by atoms with E-state index < -0.39 is 0 Å². The van der Waals surface area contributed by atoms with E-state index in [0.717, 1.165) is 12.8 Å². The largest absolute Gasteiger partial charge is 0.373 e. The van der Waals surface area contributed by atoms with Crippen LogP contribution in [0, 0.1) is 0 Å². The van der Waals surface area contributed by atoms with Gasteiger partial charge in [-0.25, -0.2) is 9.67 Å². The zero-order valence-electron chi connectivity index (χ0n) is 7.26. The Labute approximate surface area is 75.9 Å². The second kappa shape index (κ2) is 2.45. The van der Waals surface area contributed by atoms with Crippen molar-refractivity contribution in [3.05, 3.63) is 6.33 Å². The summed E-state index contributed by atoms with van der Waals surface area (Å²) in [6, 6.07) is 0.364. The van der Waals surface area contributed by atoms with Crippen LogP contribution in [0.4, 0.5) is 5.95 Å². The number of rotatable bonds is 1. The number of nitrogens with two attached hydrogens (primary N) is 1. The van der Waals surface area contributed by atoms with Gasteiger partial charge in [-0.1, -0.05) is 0 Å². The molecule has 0 radical (unpaired) electrons. The van der Waals surface area contributed by atoms with Crippen molar-refractivity contribution < 1.29 is 4.74 Å². The van der Waals surface area contributed by atoms with Crippen LogP contribution in [0.15, 0.2) is 6.33 Å². The van der Waals surface area contributed by atoms with Gasteiger partial charge in [-0.05, 0) is 19.3 Å². The van der Waals surface area contributed by atoms with Crippen molar-refractivity contribution in [1.29, 1.82) is 0 Å². The molecule has 5 heteroatoms. The van der Waals surface area contributed by atoms with Crippen molar-refractivity contribution in [3.8, 4) is 0 Å². The van der Waals surface area contributed by atoms with Crippen molar-refractivity contribution in [2.75, 3.05) is 5.73 Å². The highest BCUT2D eigenvalue weighted by Gasteiger charge is 2.42. The fourth-order valence-electron chi connectivity index (χ4n) is 2.34. The molecule has 3 heterocycles. The second-order valence-corrected chi connectivity index (χ2v) is 3.76. The van der Waals surface area contributed by atoms with E-state index in [-0.39, 0.29) is 0 Å². The Hall–Kier alpha value is -1.10. The molecule has 5 nitrogen and oxygen atoms in total. The van der Waals surface area contributed by atoms with Crippen LogP contribution in [0.1, 0.15) is 25.3 Å². The summed E-state index contributed by atoms with van der Waals surface area (Å²) in [5, 5.41) is 4.11. The molecule has 3 atom stereocenters. The molecule has 2 aliphatic heterocycles. The maximum absolute atomic E-state index is 5.72. The van der Waals surface area contributed by atoms with E-state index in [4.69, 9.17) is 10.5 Å². The summed E-state index contributed by atoms with van der Waals surface area (Å²) >= 11 is 0. The normalized spacial score (nSPS) is 37.1. The van der Waals surface area contributed by atoms with Crippen LogP contribution in [-0.2, 0) is 4.74 Å². The SMILES string of the molecule is Nc1ncn(C2CC3CCC2O3)n1. The van der Waals surface area contributed by atoms with E-state index in [0.29, 0.717) is 24.2 Å². The third-order valence-corrected chi connectivity index (χ3v) is 2.94. The summed E-state index contributed by atoms with van der Waals surface area (Å²) in [5.74, 6) is 0.350. The summed E-state index contributed by atoms with van der Waals surface area (Å²) < 4.78 is 7.57. The molecule has 2 fully saturated rings. The van der Waals surface area contributed by atoms with Gasteiger partial charge in [0.2, 0.25) is 5.95 Å². The minimum atomic E-state index is 0.339. The van der Waals surface area contributed by atoms with Gasteiger partial charge in [-0.15, -0.1) is 5.10 Å². The summed E-state index contributed by atoms with van der Waals surface area (Å²) in [6.07, 6.45) is 5.89. The molecule has 0 amide bonds. The van der Waals surface area contributed by atoms with E-state index in [9.17, 15) is 0 Å². The van der Waals surface area contributed by atoms with Crippen LogP contribution in [0.3, 0.4) is 0 Å². The lowest BCUT2D eigenvalue weighted by Crippen LogP contribution is -2.21. The molecular formula is C8H12N4O. The van der Waals surface area contributed by atoms with Crippen molar-refractivity contribution in [2.45, 2.75) is 37.5 Å². The molecule has 1 aromatic rings. The van der Waals surface area contributed by atoms with Crippen LogP contribution >= 0.6 is 0 Å². The molecule has 70 valence electrons. The number of nitrogen functional groups attached to an aromatic ring is 1. The highest BCUT2D eigenvalue weighted by atomic mass is 16.5. The van der Waals surface area contributed by atoms with Gasteiger partial charge < -0.3 is 10.5 Å². The van der Waals surface area contributed by atoms with Crippen molar-refractivity contribution in [3.63, 3.8) is 0 Å². The smallest absolute Gasteiger partial charge is 0.239 e. The minimum Gasteiger partial charge on any atom is -0.373 e. The van der Waals surface area contributed by atoms with Gasteiger partial charge in [-0.2, -0.15) is 0 Å². The van der Waals surface area contributed by atoms with Gasteiger partial charge in [0, 0.05) is 0 Å². The Bertz CT molecular complexity index is 324. The van der Waals surface area contributed by atoms with E-state index in [2.05, 4.69) is 10.1 Å². The topological polar surface area (TPSA) is 66.0 Å². The first-order valence-corrected chi connectivity index (χ1v) is 4.65. The molecule has 0 spiro atoms. The van der Waals surface area contributed by atoms with Gasteiger partial charge in [0.1, 0.15) is 6.33 Å². The molecule has 2 aliphatic rings. The van der Waals surface area contributed by atoms with Crippen LogP contribution in [0.25, 0.3) is 0 Å². The van der Waals surface area contributed by atoms with Crippen molar-refractivity contribution in [2.24, 2.45) is 0 Å². The Balaban J connectivity index is 1.87. The number of hydrogen-bond donors (Lipinski definition) is 1. The van der Waals surface area contributed by atoms with E-state index >= 15 is 0 Å². The average Bonchev–Trinajstić information content (AvgIpc) is 2.77. The highest BCUT2D eigenvalue weighted by molar-refractivity contribution is 5.10. The fraction of sp³-hybridized carbons (Fsp3) is 0.750. The maximum Gasteiger partial charge on any atom is 0.239 e. The predicted octanol–water partition coefficient (Wildman–Crippen LogP) is 0.353. The number of hydrogen-bond acceptors (Lipinski definition) is 4. The first-order chi connectivity index (χ1) is 6.33. The zero-order chi connectivity index (χ0) is 8.84. The van der Waals surface area contributed by atoms with Gasteiger partial charge in [0.15, 0.2) is 0 Å². The van der Waals surface area contributed by atoms with Gasteiger partial charge >= 0.3 is 0 Å². The Morgan fingerprint density at radius 3 is 3.00 bits per heavy atom. The molecule has 0 aliphatic carbocycles. The zero-order valence-corrected chi connectivity index (χ0v) is 7.26. The van der Waals surface area contributed by atoms with Crippen molar-refractivity contribution >= 4 is 5.95 Å². The number of anilines is 1. The lowest BCUT2D eigenvalue weighted by atomic mass is 9.96. The molecule has 0 saturated carbocycles. The molecule has 3 rings (SSSR count). The molecule has 2 saturated heterocycles. The Morgan fingerprint density at radius 1 is 1.54 bits per heavy atom. The molecule has 0 aromatic carbocycles. The Morgan fingerprint density at radius 2 is 2.46 bits per heavy atom. The summed E-state index contributed by atoms with van der Waals surface area (Å²) in [4.78, 5) is 3.92. The lowest BCUT2D eigenvalue weighted by Gasteiger charge is -2.17. The molecule has 2 bridgehead atoms. The molecule has 13 heavy (non-hydrogen) atoms. The molecule has 1 aromatic heterocycles. The second-order valence-electron chi connectivity index (χ2n) is 3.76. The summed E-state index contributed by atoms with van der Waals surface area (Å²) in [7, 11) is 0. The summed E-state index contributed by atoms with van der Waals surface area (Å²) in [6.45, 7) is 0. The van der Waals surface area contributed by atoms with Crippen molar-refractivity contribution in [1.82, 2.24) is 14.8 Å². The molecular weight excluding hydrogens is 168 g/mol. The van der Waals surface area contributed by atoms with Crippen LogP contribution in [0.2, 0.25) is 0 Å². The summed E-state index contributed by atoms with van der Waals surface area (Å²) in [5.41, 5.74) is 5.46. The van der Waals surface area contributed by atoms with Gasteiger partial charge in [-0.3, -0.25) is 0 Å². The molecule has 2 N–H and O–H groups in total. The van der Waals surface area contributed by atoms with E-state index in [1.807, 2.05) is 4.68 Å². The Kier molecular flexibility index (Phi) is 1.38. The van der Waals surface area contributed by atoms with Crippen LogP contribution < -0.4 is 5.73 Å². The monoisotopic (exact) mass is 180 g/mol. The lowest BCUT2D eigenvalue weighted by molar-refractivity contribution is 0.0922. The van der Waals surface area contributed by atoms with Gasteiger partial charge in [0.05, 0.1) is 18.2 Å². The third-order valence-electron chi connectivity index (χ3n) is 2.94. The molecule has 3 unspecified atom stereocenters. The minimum absolute atomic E-state index is 0.339. The van der Waals surface area contributed by atoms with E-state index in [1.54, 1.807) is 6.33 Å². The maximum atomic E-state index is 5.72. The van der Waals surface area contributed by atoms with Crippen LogP contribution in [0.5, 0.6) is 0 Å². The number of aromatic nitrogens is 3. The number of fused-ring (bicyclic) bond motifs is 2. The third kappa shape index (κ3) is 1.03. The standard InChI is InChI=1S/C8H12N4O/c9-8-10-4-12(11-8)6-3-5-1-2-7(6)13-5/h4-7H,1-3H2,(H2,9,11). The van der Waals surface area contributed by atoms with E-state index in [1.165, 1.54) is 6.42 Å². The number of nitrogens with zero attached hydrogens (tertiary/aromatic N) is 3. The first-order valence-electron chi connectivity index (χ1n) is 4.65.